The first-order chi connectivity index (χ1) is 10.2. The van der Waals surface area contributed by atoms with Crippen molar-refractivity contribution in [3.8, 4) is 5.75 Å². The van der Waals surface area contributed by atoms with Crippen molar-refractivity contribution in [2.24, 2.45) is 0 Å². The van der Waals surface area contributed by atoms with Crippen molar-refractivity contribution in [1.29, 1.82) is 0 Å². The Morgan fingerprint density at radius 2 is 2.05 bits per heavy atom. The van der Waals surface area contributed by atoms with Gasteiger partial charge < -0.3 is 19.9 Å². The van der Waals surface area contributed by atoms with Gasteiger partial charge in [0.05, 0.1) is 19.8 Å². The fraction of sp³-hybridized carbons (Fsp3) is 0.647. The van der Waals surface area contributed by atoms with Gasteiger partial charge in [-0.3, -0.25) is 0 Å². The van der Waals surface area contributed by atoms with E-state index in [4.69, 9.17) is 9.47 Å². The third kappa shape index (κ3) is 7.34. The third-order valence-electron chi connectivity index (χ3n) is 3.39. The van der Waals surface area contributed by atoms with Gasteiger partial charge in [-0.2, -0.15) is 0 Å². The molecule has 4 nitrogen and oxygen atoms in total. The second kappa shape index (κ2) is 10.5. The van der Waals surface area contributed by atoms with E-state index in [1.165, 1.54) is 19.3 Å². The van der Waals surface area contributed by atoms with E-state index in [2.05, 4.69) is 12.2 Å². The zero-order valence-electron chi connectivity index (χ0n) is 13.5. The van der Waals surface area contributed by atoms with Gasteiger partial charge in [0.15, 0.2) is 0 Å². The maximum absolute atomic E-state index is 9.87. The first-order valence-electron chi connectivity index (χ1n) is 7.81. The van der Waals surface area contributed by atoms with Crippen molar-refractivity contribution in [3.05, 3.63) is 23.8 Å². The number of aliphatic hydroxyl groups is 1. The Morgan fingerprint density at radius 1 is 1.24 bits per heavy atom. The molecule has 1 aromatic carbocycles. The van der Waals surface area contributed by atoms with Gasteiger partial charge in [-0.25, -0.2) is 0 Å². The lowest BCUT2D eigenvalue weighted by Crippen LogP contribution is -2.25. The number of rotatable bonds is 11. The first kappa shape index (κ1) is 17.8. The van der Waals surface area contributed by atoms with Gasteiger partial charge in [0.2, 0.25) is 0 Å². The maximum atomic E-state index is 9.87. The summed E-state index contributed by atoms with van der Waals surface area (Å²) in [5, 5.41) is 13.1. The van der Waals surface area contributed by atoms with Crippen LogP contribution in [0.15, 0.2) is 18.2 Å². The van der Waals surface area contributed by atoms with Crippen molar-refractivity contribution in [3.63, 3.8) is 0 Å². The molecule has 0 saturated carbocycles. The molecule has 0 saturated heterocycles. The molecule has 2 N–H and O–H groups in total. The molecule has 0 aliphatic carbocycles. The summed E-state index contributed by atoms with van der Waals surface area (Å²) in [6.07, 6.45) is 4.28. The summed E-state index contributed by atoms with van der Waals surface area (Å²) in [4.78, 5) is 0. The molecule has 0 spiro atoms. The van der Waals surface area contributed by atoms with Crippen LogP contribution in [0.25, 0.3) is 0 Å². The number of aliphatic hydroxyl groups excluding tert-OH is 1. The van der Waals surface area contributed by atoms with Gasteiger partial charge in [0.25, 0.3) is 0 Å². The van der Waals surface area contributed by atoms with E-state index in [0.717, 1.165) is 30.0 Å². The van der Waals surface area contributed by atoms with Gasteiger partial charge in [-0.15, -0.1) is 0 Å². The minimum absolute atomic E-state index is 0.383. The van der Waals surface area contributed by atoms with Crippen molar-refractivity contribution in [2.45, 2.75) is 45.6 Å². The van der Waals surface area contributed by atoms with Gasteiger partial charge in [0, 0.05) is 18.8 Å². The monoisotopic (exact) mass is 295 g/mol. The summed E-state index contributed by atoms with van der Waals surface area (Å²) < 4.78 is 10.7. The van der Waals surface area contributed by atoms with E-state index in [9.17, 15) is 5.11 Å². The Labute approximate surface area is 128 Å². The molecule has 0 bridgehead atoms. The molecule has 0 heterocycles. The number of benzene rings is 1. The van der Waals surface area contributed by atoms with Gasteiger partial charge >= 0.3 is 0 Å². The Hall–Kier alpha value is -1.26. The SMILES string of the molecule is CCCCCCOCC(O)CNc1ccc(OC)c(C)c1. The molecule has 0 aliphatic heterocycles. The van der Waals surface area contributed by atoms with Gasteiger partial charge in [-0.05, 0) is 37.1 Å². The molecule has 0 aromatic heterocycles. The van der Waals surface area contributed by atoms with Crippen molar-refractivity contribution in [1.82, 2.24) is 0 Å². The minimum Gasteiger partial charge on any atom is -0.496 e. The Morgan fingerprint density at radius 3 is 2.71 bits per heavy atom. The summed E-state index contributed by atoms with van der Waals surface area (Å²) in [6.45, 7) is 5.80. The third-order valence-corrected chi connectivity index (χ3v) is 3.39. The standard InChI is InChI=1S/C17H29NO3/c1-4-5-6-7-10-21-13-16(19)12-18-15-8-9-17(20-3)14(2)11-15/h8-9,11,16,18-19H,4-7,10,12-13H2,1-3H3. The topological polar surface area (TPSA) is 50.7 Å². The zero-order chi connectivity index (χ0) is 15.5. The number of hydrogen-bond acceptors (Lipinski definition) is 4. The highest BCUT2D eigenvalue weighted by Gasteiger charge is 2.05. The first-order valence-corrected chi connectivity index (χ1v) is 7.81. The molecular weight excluding hydrogens is 266 g/mol. The second-order valence-corrected chi connectivity index (χ2v) is 5.35. The molecule has 0 aliphatic rings. The highest BCUT2D eigenvalue weighted by atomic mass is 16.5. The van der Waals surface area contributed by atoms with E-state index in [-0.39, 0.29) is 0 Å². The summed E-state index contributed by atoms with van der Waals surface area (Å²) in [5.41, 5.74) is 2.06. The predicted molar refractivity (Wildman–Crippen MR) is 87.2 cm³/mol. The summed E-state index contributed by atoms with van der Waals surface area (Å²) in [6, 6.07) is 5.88. The average molecular weight is 295 g/mol. The Bertz CT molecular complexity index is 396. The number of nitrogens with one attached hydrogen (secondary N) is 1. The maximum Gasteiger partial charge on any atom is 0.121 e. The van der Waals surface area contributed by atoms with Crippen molar-refractivity contribution >= 4 is 5.69 Å². The lowest BCUT2D eigenvalue weighted by Gasteiger charge is -2.14. The molecule has 120 valence electrons. The Balaban J connectivity index is 2.17. The van der Waals surface area contributed by atoms with Crippen molar-refractivity contribution < 1.29 is 14.6 Å². The summed E-state index contributed by atoms with van der Waals surface area (Å²) >= 11 is 0. The molecule has 0 radical (unpaired) electrons. The molecule has 4 heteroatoms. The largest absolute Gasteiger partial charge is 0.496 e. The Kier molecular flexibility index (Phi) is 8.87. The lowest BCUT2D eigenvalue weighted by atomic mass is 10.2. The van der Waals surface area contributed by atoms with Crippen LogP contribution in [0.5, 0.6) is 5.75 Å². The normalized spacial score (nSPS) is 12.2. The molecular formula is C17H29NO3. The van der Waals surface area contributed by atoms with Crippen LogP contribution in [0.1, 0.15) is 38.2 Å². The smallest absolute Gasteiger partial charge is 0.121 e. The van der Waals surface area contributed by atoms with Gasteiger partial charge in [-0.1, -0.05) is 26.2 Å². The number of unbranched alkanes of at least 4 members (excludes halogenated alkanes) is 3. The van der Waals surface area contributed by atoms with Crippen LogP contribution in [0.2, 0.25) is 0 Å². The van der Waals surface area contributed by atoms with E-state index < -0.39 is 6.10 Å². The fourth-order valence-electron chi connectivity index (χ4n) is 2.13. The van der Waals surface area contributed by atoms with Crippen LogP contribution < -0.4 is 10.1 Å². The molecule has 1 rings (SSSR count). The summed E-state index contributed by atoms with van der Waals surface area (Å²) in [7, 11) is 1.66. The number of ether oxygens (including phenoxy) is 2. The van der Waals surface area contributed by atoms with E-state index in [1.807, 2.05) is 25.1 Å². The number of anilines is 1. The lowest BCUT2D eigenvalue weighted by molar-refractivity contribution is 0.0417. The quantitative estimate of drug-likeness (QED) is 0.615. The van der Waals surface area contributed by atoms with Crippen molar-refractivity contribution in [2.75, 3.05) is 32.2 Å². The van der Waals surface area contributed by atoms with Crippen LogP contribution in [0.4, 0.5) is 5.69 Å². The molecule has 1 atom stereocenters. The van der Waals surface area contributed by atoms with Crippen LogP contribution in [0.3, 0.4) is 0 Å². The highest BCUT2D eigenvalue weighted by molar-refractivity contribution is 5.50. The zero-order valence-corrected chi connectivity index (χ0v) is 13.5. The fourth-order valence-corrected chi connectivity index (χ4v) is 2.13. The second-order valence-electron chi connectivity index (χ2n) is 5.35. The van der Waals surface area contributed by atoms with Gasteiger partial charge in [0.1, 0.15) is 5.75 Å². The van der Waals surface area contributed by atoms with Crippen LogP contribution in [0, 0.1) is 6.92 Å². The van der Waals surface area contributed by atoms with Crippen LogP contribution >= 0.6 is 0 Å². The van der Waals surface area contributed by atoms with Crippen LogP contribution in [-0.4, -0.2) is 38.1 Å². The molecule has 1 unspecified atom stereocenters. The average Bonchev–Trinajstić information content (AvgIpc) is 2.49. The molecule has 0 amide bonds. The van der Waals surface area contributed by atoms with E-state index in [0.29, 0.717) is 13.2 Å². The molecule has 21 heavy (non-hydrogen) atoms. The molecule has 1 aromatic rings. The van der Waals surface area contributed by atoms with Crippen LogP contribution in [-0.2, 0) is 4.74 Å². The number of methoxy groups -OCH3 is 1. The highest BCUT2D eigenvalue weighted by Crippen LogP contribution is 2.21. The predicted octanol–water partition coefficient (Wildman–Crippen LogP) is 3.37. The van der Waals surface area contributed by atoms with E-state index >= 15 is 0 Å². The minimum atomic E-state index is -0.487. The molecule has 0 fully saturated rings. The number of aryl methyl sites for hydroxylation is 1. The van der Waals surface area contributed by atoms with E-state index in [1.54, 1.807) is 7.11 Å². The number of hydrogen-bond donors (Lipinski definition) is 2. The summed E-state index contributed by atoms with van der Waals surface area (Å²) in [5.74, 6) is 0.872.